The Hall–Kier alpha value is -3.48. The summed E-state index contributed by atoms with van der Waals surface area (Å²) in [6.45, 7) is 0. The maximum atomic E-state index is 11.6. The van der Waals surface area contributed by atoms with Crippen LogP contribution >= 0.6 is 0 Å². The second-order valence-corrected chi connectivity index (χ2v) is 5.08. The Kier molecular flexibility index (Phi) is 4.07. The molecule has 0 spiro atoms. The van der Waals surface area contributed by atoms with E-state index in [1.54, 1.807) is 49.6 Å². The maximum Gasteiger partial charge on any atom is 0.318 e. The summed E-state index contributed by atoms with van der Waals surface area (Å²) in [7, 11) is 1.54. The first-order chi connectivity index (χ1) is 11.6. The lowest BCUT2D eigenvalue weighted by Gasteiger charge is -2.08. The van der Waals surface area contributed by atoms with Crippen molar-refractivity contribution in [2.75, 3.05) is 12.4 Å². The van der Waals surface area contributed by atoms with Crippen LogP contribution in [0.4, 0.5) is 10.5 Å². The zero-order chi connectivity index (χ0) is 17.1. The van der Waals surface area contributed by atoms with E-state index in [2.05, 4.69) is 20.6 Å². The van der Waals surface area contributed by atoms with Gasteiger partial charge in [0.1, 0.15) is 5.52 Å². The van der Waals surface area contributed by atoms with Crippen LogP contribution in [0.25, 0.3) is 22.3 Å². The molecule has 24 heavy (non-hydrogen) atoms. The molecule has 0 atom stereocenters. The Balaban J connectivity index is 2.06. The van der Waals surface area contributed by atoms with Gasteiger partial charge >= 0.3 is 6.03 Å². The molecule has 0 aliphatic rings. The molecule has 1 heterocycles. The first kappa shape index (κ1) is 15.4. The number of primary amides is 1. The smallest absolute Gasteiger partial charge is 0.318 e. The quantitative estimate of drug-likeness (QED) is 0.686. The van der Waals surface area contributed by atoms with Gasteiger partial charge in [-0.1, -0.05) is 18.2 Å². The molecule has 0 fully saturated rings. The van der Waals surface area contributed by atoms with Crippen LogP contribution in [0.1, 0.15) is 10.4 Å². The molecule has 7 heteroatoms. The van der Waals surface area contributed by atoms with E-state index in [0.717, 1.165) is 5.56 Å². The van der Waals surface area contributed by atoms with Gasteiger partial charge in [0.05, 0.1) is 23.0 Å². The summed E-state index contributed by atoms with van der Waals surface area (Å²) in [5, 5.41) is 5.18. The van der Waals surface area contributed by atoms with Crippen molar-refractivity contribution in [3.8, 4) is 11.3 Å². The molecule has 3 rings (SSSR count). The number of hydrogen-bond donors (Lipinski definition) is 3. The minimum Gasteiger partial charge on any atom is -0.366 e. The minimum absolute atomic E-state index is 0.312. The van der Waals surface area contributed by atoms with E-state index in [1.807, 2.05) is 6.07 Å². The van der Waals surface area contributed by atoms with Crippen LogP contribution in [0, 0.1) is 0 Å². The predicted octanol–water partition coefficient (Wildman–Crippen LogP) is 2.15. The third-order valence-electron chi connectivity index (χ3n) is 3.48. The summed E-state index contributed by atoms with van der Waals surface area (Å²) in [5.41, 5.74) is 8.73. The highest BCUT2D eigenvalue weighted by molar-refractivity contribution is 6.04. The molecule has 2 aromatic carbocycles. The van der Waals surface area contributed by atoms with Gasteiger partial charge in [-0.05, 0) is 24.3 Å². The number of rotatable bonds is 3. The number of aromatic nitrogens is 2. The fourth-order valence-electron chi connectivity index (χ4n) is 2.32. The molecular formula is C17H15N5O2. The molecule has 1 aromatic heterocycles. The Morgan fingerprint density at radius 3 is 2.67 bits per heavy atom. The number of nitrogens with two attached hydrogens (primary N) is 1. The number of carbonyl (C=O) groups excluding carboxylic acids is 2. The van der Waals surface area contributed by atoms with Gasteiger partial charge in [-0.15, -0.1) is 0 Å². The molecule has 0 saturated carbocycles. The van der Waals surface area contributed by atoms with Crippen LogP contribution in [0.5, 0.6) is 0 Å². The van der Waals surface area contributed by atoms with Crippen LogP contribution in [-0.4, -0.2) is 29.0 Å². The number of carbonyl (C=O) groups is 2. The van der Waals surface area contributed by atoms with E-state index >= 15 is 0 Å². The standard InChI is InChI=1S/C17H15N5O2/c1-19-17(24)21-11-5-2-4-10(8-11)14-9-20-13-7-3-6-12(16(18)23)15(13)22-14/h2-9H,1H3,(H2,18,23)(H2,19,21,24). The van der Waals surface area contributed by atoms with E-state index in [9.17, 15) is 9.59 Å². The Labute approximate surface area is 137 Å². The van der Waals surface area contributed by atoms with Gasteiger partial charge in [0.2, 0.25) is 0 Å². The molecule has 4 N–H and O–H groups in total. The lowest BCUT2D eigenvalue weighted by atomic mass is 10.1. The average Bonchev–Trinajstić information content (AvgIpc) is 2.60. The number of nitrogens with zero attached hydrogens (tertiary/aromatic N) is 2. The molecule has 0 bridgehead atoms. The van der Waals surface area contributed by atoms with Crippen LogP contribution in [-0.2, 0) is 0 Å². The SMILES string of the molecule is CNC(=O)Nc1cccc(-c2cnc3cccc(C(N)=O)c3n2)c1. The van der Waals surface area contributed by atoms with Gasteiger partial charge in [0.25, 0.3) is 5.91 Å². The largest absolute Gasteiger partial charge is 0.366 e. The van der Waals surface area contributed by atoms with E-state index in [-0.39, 0.29) is 6.03 Å². The van der Waals surface area contributed by atoms with Gasteiger partial charge in [0.15, 0.2) is 0 Å². The van der Waals surface area contributed by atoms with Crippen molar-refractivity contribution in [3.05, 3.63) is 54.2 Å². The van der Waals surface area contributed by atoms with Crippen molar-refractivity contribution >= 4 is 28.7 Å². The molecule has 0 radical (unpaired) electrons. The summed E-state index contributed by atoms with van der Waals surface area (Å²) < 4.78 is 0. The molecule has 7 nitrogen and oxygen atoms in total. The zero-order valence-electron chi connectivity index (χ0n) is 12.9. The first-order valence-corrected chi connectivity index (χ1v) is 7.23. The molecule has 0 unspecified atom stereocenters. The third kappa shape index (κ3) is 3.00. The highest BCUT2D eigenvalue weighted by Crippen LogP contribution is 2.23. The number of benzene rings is 2. The van der Waals surface area contributed by atoms with Gasteiger partial charge < -0.3 is 16.4 Å². The zero-order valence-corrected chi connectivity index (χ0v) is 12.9. The molecular weight excluding hydrogens is 306 g/mol. The van der Waals surface area contributed by atoms with E-state index in [0.29, 0.717) is 28.0 Å². The normalized spacial score (nSPS) is 10.4. The lowest BCUT2D eigenvalue weighted by Crippen LogP contribution is -2.24. The minimum atomic E-state index is -0.554. The molecule has 0 saturated heterocycles. The van der Waals surface area contributed by atoms with Gasteiger partial charge in [0, 0.05) is 18.3 Å². The molecule has 3 amide bonds. The van der Waals surface area contributed by atoms with Gasteiger partial charge in [-0.3, -0.25) is 9.78 Å². The predicted molar refractivity (Wildman–Crippen MR) is 91.6 cm³/mol. The van der Waals surface area contributed by atoms with Crippen molar-refractivity contribution in [2.45, 2.75) is 0 Å². The number of anilines is 1. The number of amides is 3. The first-order valence-electron chi connectivity index (χ1n) is 7.23. The number of nitrogens with one attached hydrogen (secondary N) is 2. The van der Waals surface area contributed by atoms with Gasteiger partial charge in [-0.2, -0.15) is 0 Å². The Morgan fingerprint density at radius 2 is 1.92 bits per heavy atom. The fourth-order valence-corrected chi connectivity index (χ4v) is 2.32. The Bertz CT molecular complexity index is 939. The van der Waals surface area contributed by atoms with Crippen molar-refractivity contribution in [1.82, 2.24) is 15.3 Å². The van der Waals surface area contributed by atoms with Crippen molar-refractivity contribution in [1.29, 1.82) is 0 Å². The average molecular weight is 321 g/mol. The molecule has 0 aliphatic carbocycles. The fraction of sp³-hybridized carbons (Fsp3) is 0.0588. The topological polar surface area (TPSA) is 110 Å². The second kappa shape index (κ2) is 6.33. The summed E-state index contributed by atoms with van der Waals surface area (Å²) in [4.78, 5) is 31.8. The monoisotopic (exact) mass is 321 g/mol. The van der Waals surface area contributed by atoms with Crippen molar-refractivity contribution in [3.63, 3.8) is 0 Å². The Morgan fingerprint density at radius 1 is 1.12 bits per heavy atom. The summed E-state index contributed by atoms with van der Waals surface area (Å²) in [6, 6.07) is 12.0. The second-order valence-electron chi connectivity index (χ2n) is 5.08. The highest BCUT2D eigenvalue weighted by atomic mass is 16.2. The van der Waals surface area contributed by atoms with E-state index in [1.165, 1.54) is 0 Å². The number of hydrogen-bond acceptors (Lipinski definition) is 4. The number of urea groups is 1. The van der Waals surface area contributed by atoms with Crippen molar-refractivity contribution in [2.24, 2.45) is 5.73 Å². The van der Waals surface area contributed by atoms with Crippen LogP contribution in [0.2, 0.25) is 0 Å². The molecule has 120 valence electrons. The number of para-hydroxylation sites is 1. The van der Waals surface area contributed by atoms with E-state index < -0.39 is 5.91 Å². The number of fused-ring (bicyclic) bond motifs is 1. The van der Waals surface area contributed by atoms with Crippen LogP contribution in [0.3, 0.4) is 0 Å². The lowest BCUT2D eigenvalue weighted by molar-refractivity contribution is 0.100. The van der Waals surface area contributed by atoms with Crippen LogP contribution < -0.4 is 16.4 Å². The summed E-state index contributed by atoms with van der Waals surface area (Å²) in [5.74, 6) is -0.554. The van der Waals surface area contributed by atoms with Crippen LogP contribution in [0.15, 0.2) is 48.7 Å². The highest BCUT2D eigenvalue weighted by Gasteiger charge is 2.11. The van der Waals surface area contributed by atoms with Gasteiger partial charge in [-0.25, -0.2) is 9.78 Å². The van der Waals surface area contributed by atoms with E-state index in [4.69, 9.17) is 5.73 Å². The molecule has 0 aliphatic heterocycles. The maximum absolute atomic E-state index is 11.6. The molecule has 3 aromatic rings. The summed E-state index contributed by atoms with van der Waals surface area (Å²) in [6.07, 6.45) is 1.62. The summed E-state index contributed by atoms with van der Waals surface area (Å²) >= 11 is 0. The third-order valence-corrected chi connectivity index (χ3v) is 3.48. The van der Waals surface area contributed by atoms with Crippen molar-refractivity contribution < 1.29 is 9.59 Å².